The minimum atomic E-state index is 0.130. The van der Waals surface area contributed by atoms with Gasteiger partial charge in [0.15, 0.2) is 0 Å². The summed E-state index contributed by atoms with van der Waals surface area (Å²) in [5.74, 6) is 0.942. The zero-order valence-corrected chi connectivity index (χ0v) is 19.7. The monoisotopic (exact) mass is 429 g/mol. The van der Waals surface area contributed by atoms with Crippen molar-refractivity contribution in [3.63, 3.8) is 0 Å². The number of nitrogens with zero attached hydrogens (tertiary/aromatic N) is 3. The maximum atomic E-state index is 13.4. The topological polar surface area (TPSA) is 28.5 Å². The van der Waals surface area contributed by atoms with Gasteiger partial charge in [-0.2, -0.15) is 0 Å². The van der Waals surface area contributed by atoms with Crippen molar-refractivity contribution in [2.75, 3.05) is 19.6 Å². The Morgan fingerprint density at radius 2 is 1.72 bits per heavy atom. The number of rotatable bonds is 7. The fourth-order valence-corrected chi connectivity index (χ4v) is 5.05. The molecule has 4 rings (SSSR count). The molecular formula is C28H35N3O. The van der Waals surface area contributed by atoms with Crippen LogP contribution >= 0.6 is 0 Å². The van der Waals surface area contributed by atoms with E-state index in [1.54, 1.807) is 0 Å². The van der Waals surface area contributed by atoms with E-state index in [4.69, 9.17) is 0 Å². The van der Waals surface area contributed by atoms with Crippen molar-refractivity contribution in [1.29, 1.82) is 0 Å². The molecule has 0 N–H and O–H groups in total. The number of carbonyl (C=O) groups is 1. The van der Waals surface area contributed by atoms with E-state index < -0.39 is 0 Å². The summed E-state index contributed by atoms with van der Waals surface area (Å²) >= 11 is 0. The molecule has 2 atom stereocenters. The standard InChI is InChI=1S/C28H35N3O/c1-21(2)31(28(32)23-12-6-5-7-13-23)18-24-17-30(19-25-14-10-16-29(25)4)20-27(24)26-15-9-8-11-22(26)3/h5-16,21,24,27H,17-20H2,1-4H3/t24-,27+/m0/s1. The number of hydrogen-bond donors (Lipinski definition) is 0. The summed E-state index contributed by atoms with van der Waals surface area (Å²) in [6, 6.07) is 22.9. The minimum absolute atomic E-state index is 0.130. The van der Waals surface area contributed by atoms with Crippen LogP contribution in [0.25, 0.3) is 0 Å². The molecule has 2 aromatic carbocycles. The Bertz CT molecular complexity index is 1040. The van der Waals surface area contributed by atoms with E-state index in [0.717, 1.165) is 31.7 Å². The summed E-state index contributed by atoms with van der Waals surface area (Å²) in [6.07, 6.45) is 2.11. The molecule has 1 amide bonds. The molecule has 4 heteroatoms. The van der Waals surface area contributed by atoms with Crippen LogP contribution in [-0.2, 0) is 13.6 Å². The highest BCUT2D eigenvalue weighted by molar-refractivity contribution is 5.94. The molecule has 1 saturated heterocycles. The van der Waals surface area contributed by atoms with Gasteiger partial charge in [0.05, 0.1) is 0 Å². The van der Waals surface area contributed by atoms with Gasteiger partial charge in [-0.05, 0) is 62.1 Å². The molecule has 0 bridgehead atoms. The third-order valence-corrected chi connectivity index (χ3v) is 6.88. The Hall–Kier alpha value is -2.85. The normalized spacial score (nSPS) is 18.9. The van der Waals surface area contributed by atoms with E-state index in [2.05, 4.69) is 84.8 Å². The van der Waals surface area contributed by atoms with Crippen LogP contribution in [-0.4, -0.2) is 46.0 Å². The predicted molar refractivity (Wildman–Crippen MR) is 131 cm³/mol. The van der Waals surface area contributed by atoms with Crippen LogP contribution in [0, 0.1) is 12.8 Å². The minimum Gasteiger partial charge on any atom is -0.353 e. The van der Waals surface area contributed by atoms with E-state index in [-0.39, 0.29) is 11.9 Å². The van der Waals surface area contributed by atoms with Crippen LogP contribution in [0.5, 0.6) is 0 Å². The first kappa shape index (κ1) is 22.3. The molecule has 0 saturated carbocycles. The Kier molecular flexibility index (Phi) is 6.80. The molecule has 1 aliphatic heterocycles. The molecular weight excluding hydrogens is 394 g/mol. The number of aromatic nitrogens is 1. The third-order valence-electron chi connectivity index (χ3n) is 6.88. The quantitative estimate of drug-likeness (QED) is 0.523. The first-order chi connectivity index (χ1) is 15.4. The van der Waals surface area contributed by atoms with Crippen molar-refractivity contribution >= 4 is 5.91 Å². The molecule has 0 unspecified atom stereocenters. The zero-order chi connectivity index (χ0) is 22.7. The number of likely N-dealkylation sites (tertiary alicyclic amines) is 1. The Balaban J connectivity index is 1.59. The molecule has 32 heavy (non-hydrogen) atoms. The second kappa shape index (κ2) is 9.74. The van der Waals surface area contributed by atoms with Gasteiger partial charge in [0.25, 0.3) is 5.91 Å². The first-order valence-corrected chi connectivity index (χ1v) is 11.7. The van der Waals surface area contributed by atoms with Gasteiger partial charge in [-0.3, -0.25) is 9.69 Å². The summed E-state index contributed by atoms with van der Waals surface area (Å²) in [7, 11) is 2.11. The molecule has 0 aliphatic carbocycles. The molecule has 0 spiro atoms. The fraction of sp³-hybridized carbons (Fsp3) is 0.393. The summed E-state index contributed by atoms with van der Waals surface area (Å²) in [4.78, 5) is 18.0. The summed E-state index contributed by atoms with van der Waals surface area (Å²) in [5, 5.41) is 0. The smallest absolute Gasteiger partial charge is 0.254 e. The average molecular weight is 430 g/mol. The molecule has 0 radical (unpaired) electrons. The van der Waals surface area contributed by atoms with Crippen LogP contribution < -0.4 is 0 Å². The molecule has 168 valence electrons. The molecule has 4 nitrogen and oxygen atoms in total. The molecule has 1 fully saturated rings. The highest BCUT2D eigenvalue weighted by Gasteiger charge is 2.37. The number of benzene rings is 2. The average Bonchev–Trinajstić information content (AvgIpc) is 3.38. The van der Waals surface area contributed by atoms with Gasteiger partial charge in [-0.15, -0.1) is 0 Å². The van der Waals surface area contributed by atoms with E-state index in [9.17, 15) is 4.79 Å². The number of aryl methyl sites for hydroxylation is 2. The zero-order valence-electron chi connectivity index (χ0n) is 19.7. The lowest BCUT2D eigenvalue weighted by Crippen LogP contribution is -2.42. The van der Waals surface area contributed by atoms with Crippen molar-refractivity contribution < 1.29 is 4.79 Å². The number of amides is 1. The van der Waals surface area contributed by atoms with E-state index in [1.807, 2.05) is 30.3 Å². The molecule has 1 aromatic heterocycles. The van der Waals surface area contributed by atoms with Crippen molar-refractivity contribution in [1.82, 2.24) is 14.4 Å². The summed E-state index contributed by atoms with van der Waals surface area (Å²) in [5.41, 5.74) is 4.86. The van der Waals surface area contributed by atoms with Gasteiger partial charge in [0.2, 0.25) is 0 Å². The van der Waals surface area contributed by atoms with Gasteiger partial charge >= 0.3 is 0 Å². The SMILES string of the molecule is Cc1ccccc1[C@@H]1CN(Cc2cccn2C)C[C@H]1CN(C(=O)c1ccccc1)C(C)C. The highest BCUT2D eigenvalue weighted by atomic mass is 16.2. The third kappa shape index (κ3) is 4.81. The van der Waals surface area contributed by atoms with Gasteiger partial charge in [0.1, 0.15) is 0 Å². The van der Waals surface area contributed by atoms with Crippen LogP contribution in [0.15, 0.2) is 72.9 Å². The first-order valence-electron chi connectivity index (χ1n) is 11.7. The summed E-state index contributed by atoms with van der Waals surface area (Å²) in [6.45, 7) is 10.2. The molecule has 1 aliphatic rings. The Morgan fingerprint density at radius 1 is 1.00 bits per heavy atom. The van der Waals surface area contributed by atoms with Crippen molar-refractivity contribution in [2.45, 2.75) is 39.3 Å². The lowest BCUT2D eigenvalue weighted by Gasteiger charge is -2.32. The molecule has 2 heterocycles. The largest absolute Gasteiger partial charge is 0.353 e. The second-order valence-corrected chi connectivity index (χ2v) is 9.44. The number of hydrogen-bond acceptors (Lipinski definition) is 2. The lowest BCUT2D eigenvalue weighted by molar-refractivity contribution is 0.0668. The van der Waals surface area contributed by atoms with E-state index >= 15 is 0 Å². The second-order valence-electron chi connectivity index (χ2n) is 9.44. The van der Waals surface area contributed by atoms with Gasteiger partial charge in [-0.1, -0.05) is 42.5 Å². The Morgan fingerprint density at radius 3 is 2.38 bits per heavy atom. The fourth-order valence-electron chi connectivity index (χ4n) is 5.05. The van der Waals surface area contributed by atoms with Crippen molar-refractivity contribution in [3.05, 3.63) is 95.3 Å². The van der Waals surface area contributed by atoms with E-state index in [1.165, 1.54) is 16.8 Å². The van der Waals surface area contributed by atoms with Crippen LogP contribution in [0.2, 0.25) is 0 Å². The molecule has 3 aromatic rings. The maximum absolute atomic E-state index is 13.4. The van der Waals surface area contributed by atoms with Crippen molar-refractivity contribution in [3.8, 4) is 0 Å². The van der Waals surface area contributed by atoms with Gasteiger partial charge in [0, 0.05) is 62.6 Å². The Labute approximate surface area is 192 Å². The maximum Gasteiger partial charge on any atom is 0.254 e. The lowest BCUT2D eigenvalue weighted by atomic mass is 9.86. The van der Waals surface area contributed by atoms with E-state index in [0.29, 0.717) is 11.8 Å². The van der Waals surface area contributed by atoms with Crippen LogP contribution in [0.4, 0.5) is 0 Å². The number of carbonyl (C=O) groups excluding carboxylic acids is 1. The van der Waals surface area contributed by atoms with Crippen molar-refractivity contribution in [2.24, 2.45) is 13.0 Å². The summed E-state index contributed by atoms with van der Waals surface area (Å²) < 4.78 is 2.20. The van der Waals surface area contributed by atoms with Crippen LogP contribution in [0.1, 0.15) is 46.9 Å². The van der Waals surface area contributed by atoms with Gasteiger partial charge in [-0.25, -0.2) is 0 Å². The van der Waals surface area contributed by atoms with Crippen LogP contribution in [0.3, 0.4) is 0 Å². The van der Waals surface area contributed by atoms with Gasteiger partial charge < -0.3 is 9.47 Å². The highest BCUT2D eigenvalue weighted by Crippen LogP contribution is 2.36. The predicted octanol–water partition coefficient (Wildman–Crippen LogP) is 5.10.